The minimum absolute atomic E-state index is 0.255. The molecule has 14 heavy (non-hydrogen) atoms. The first-order valence-corrected chi connectivity index (χ1v) is 4.04. The van der Waals surface area contributed by atoms with Crippen LogP contribution in [0.3, 0.4) is 0 Å². The third kappa shape index (κ3) is 1.66. The van der Waals surface area contributed by atoms with E-state index in [1.165, 1.54) is 6.26 Å². The lowest BCUT2D eigenvalue weighted by atomic mass is 10.4. The number of nitrogens with zero attached hydrogens (tertiary/aromatic N) is 1. The van der Waals surface area contributed by atoms with Crippen molar-refractivity contribution in [1.82, 2.24) is 5.16 Å². The fourth-order valence-corrected chi connectivity index (χ4v) is 1.01. The zero-order valence-corrected chi connectivity index (χ0v) is 7.48. The molecule has 0 spiro atoms. The van der Waals surface area contributed by atoms with Crippen LogP contribution < -0.4 is 5.32 Å². The Morgan fingerprint density at radius 2 is 2.29 bits per heavy atom. The van der Waals surface area contributed by atoms with Gasteiger partial charge < -0.3 is 14.3 Å². The van der Waals surface area contributed by atoms with Crippen LogP contribution in [0.15, 0.2) is 33.4 Å². The largest absolute Gasteiger partial charge is 0.456 e. The quantitative estimate of drug-likeness (QED) is 0.788. The van der Waals surface area contributed by atoms with E-state index in [1.54, 1.807) is 25.1 Å². The molecule has 0 aliphatic heterocycles. The number of nitrogens with one attached hydrogen (secondary N) is 1. The third-order valence-electron chi connectivity index (χ3n) is 1.64. The van der Waals surface area contributed by atoms with Gasteiger partial charge in [-0.3, -0.25) is 4.79 Å². The molecule has 1 amide bonds. The predicted molar refractivity (Wildman–Crippen MR) is 47.9 cm³/mol. The van der Waals surface area contributed by atoms with E-state index in [2.05, 4.69) is 15.0 Å². The second-order valence-electron chi connectivity index (χ2n) is 2.75. The van der Waals surface area contributed by atoms with Crippen LogP contribution in [-0.4, -0.2) is 11.1 Å². The van der Waals surface area contributed by atoms with Gasteiger partial charge in [0.25, 0.3) is 5.91 Å². The highest BCUT2D eigenvalue weighted by Crippen LogP contribution is 2.09. The first-order valence-electron chi connectivity index (χ1n) is 4.04. The Hall–Kier alpha value is -2.04. The third-order valence-corrected chi connectivity index (χ3v) is 1.64. The number of carbonyl (C=O) groups is 1. The van der Waals surface area contributed by atoms with Crippen molar-refractivity contribution in [3.63, 3.8) is 0 Å². The molecule has 2 aromatic heterocycles. The van der Waals surface area contributed by atoms with Gasteiger partial charge in [0.2, 0.25) is 0 Å². The van der Waals surface area contributed by atoms with Crippen LogP contribution in [-0.2, 0) is 0 Å². The van der Waals surface area contributed by atoms with Gasteiger partial charge in [0.1, 0.15) is 12.0 Å². The van der Waals surface area contributed by atoms with Gasteiger partial charge in [-0.1, -0.05) is 5.16 Å². The van der Waals surface area contributed by atoms with E-state index >= 15 is 0 Å². The highest BCUT2D eigenvalue weighted by molar-refractivity contribution is 6.01. The maximum Gasteiger partial charge on any atom is 0.292 e. The van der Waals surface area contributed by atoms with Crippen LogP contribution in [0.1, 0.15) is 16.3 Å². The van der Waals surface area contributed by atoms with E-state index < -0.39 is 0 Å². The number of furan rings is 1. The highest BCUT2D eigenvalue weighted by atomic mass is 16.5. The number of hydrogen-bond donors (Lipinski definition) is 1. The van der Waals surface area contributed by atoms with E-state index in [-0.39, 0.29) is 11.7 Å². The van der Waals surface area contributed by atoms with Crippen LogP contribution >= 0.6 is 0 Å². The molecule has 1 N–H and O–H groups in total. The molecule has 72 valence electrons. The summed E-state index contributed by atoms with van der Waals surface area (Å²) in [7, 11) is 0. The van der Waals surface area contributed by atoms with Crippen LogP contribution in [0.25, 0.3) is 0 Å². The molecule has 2 aromatic rings. The van der Waals surface area contributed by atoms with E-state index in [1.807, 2.05) is 0 Å². The molecule has 0 unspecified atom stereocenters. The predicted octanol–water partition coefficient (Wildman–Crippen LogP) is 1.83. The van der Waals surface area contributed by atoms with Gasteiger partial charge in [0, 0.05) is 6.07 Å². The van der Waals surface area contributed by atoms with E-state index in [0.29, 0.717) is 11.6 Å². The monoisotopic (exact) mass is 192 g/mol. The summed E-state index contributed by atoms with van der Waals surface area (Å²) in [4.78, 5) is 11.4. The second kappa shape index (κ2) is 3.37. The Labute approximate surface area is 79.7 Å². The molecule has 0 saturated heterocycles. The van der Waals surface area contributed by atoms with Gasteiger partial charge in [-0.15, -0.1) is 0 Å². The Bertz CT molecular complexity index is 431. The number of aryl methyl sites for hydroxylation is 1. The van der Waals surface area contributed by atoms with Crippen molar-refractivity contribution < 1.29 is 13.7 Å². The molecule has 2 rings (SSSR count). The number of carbonyl (C=O) groups excluding carboxylic acids is 1. The molecule has 0 saturated carbocycles. The van der Waals surface area contributed by atoms with Gasteiger partial charge in [-0.25, -0.2) is 0 Å². The Balaban J connectivity index is 2.10. The molecule has 0 bridgehead atoms. The Kier molecular flexibility index (Phi) is 2.06. The first-order chi connectivity index (χ1) is 6.75. The average molecular weight is 192 g/mol. The lowest BCUT2D eigenvalue weighted by Crippen LogP contribution is -2.10. The lowest BCUT2D eigenvalue weighted by Gasteiger charge is -1.95. The maximum atomic E-state index is 11.4. The molecule has 0 atom stereocenters. The van der Waals surface area contributed by atoms with Gasteiger partial charge in [0.15, 0.2) is 11.6 Å². The van der Waals surface area contributed by atoms with Gasteiger partial charge >= 0.3 is 0 Å². The standard InChI is InChI=1S/C9H8N2O3/c1-6-2-3-7(14-6)9(12)10-8-4-5-13-11-8/h2-5H,1H3,(H,10,11,12). The molecular weight excluding hydrogens is 184 g/mol. The van der Waals surface area contributed by atoms with Crippen molar-refractivity contribution in [2.75, 3.05) is 5.32 Å². The van der Waals surface area contributed by atoms with E-state index in [0.717, 1.165) is 0 Å². The number of amides is 1. The van der Waals surface area contributed by atoms with Crippen molar-refractivity contribution in [2.45, 2.75) is 6.92 Å². The molecule has 0 radical (unpaired) electrons. The SMILES string of the molecule is Cc1ccc(C(=O)Nc2ccon2)o1. The number of aromatic nitrogens is 1. The first kappa shape index (κ1) is 8.55. The van der Waals surface area contributed by atoms with Crippen LogP contribution in [0, 0.1) is 6.92 Å². The number of hydrogen-bond acceptors (Lipinski definition) is 4. The minimum atomic E-state index is -0.341. The normalized spacial score (nSPS) is 10.1. The molecule has 2 heterocycles. The molecule has 0 aliphatic rings. The van der Waals surface area contributed by atoms with Crippen LogP contribution in [0.4, 0.5) is 5.82 Å². The summed E-state index contributed by atoms with van der Waals surface area (Å²) >= 11 is 0. The highest BCUT2D eigenvalue weighted by Gasteiger charge is 2.10. The maximum absolute atomic E-state index is 11.4. The molecule has 0 fully saturated rings. The van der Waals surface area contributed by atoms with Gasteiger partial charge in [-0.2, -0.15) is 0 Å². The van der Waals surface area contributed by atoms with E-state index in [9.17, 15) is 4.79 Å². The summed E-state index contributed by atoms with van der Waals surface area (Å²) in [6.45, 7) is 1.77. The Morgan fingerprint density at radius 1 is 1.43 bits per heavy atom. The fraction of sp³-hybridized carbons (Fsp3) is 0.111. The lowest BCUT2D eigenvalue weighted by molar-refractivity contribution is 0.0994. The Morgan fingerprint density at radius 3 is 2.86 bits per heavy atom. The number of anilines is 1. The fourth-order valence-electron chi connectivity index (χ4n) is 1.01. The molecular formula is C9H8N2O3. The summed E-state index contributed by atoms with van der Waals surface area (Å²) in [5.74, 6) is 0.969. The molecule has 5 nitrogen and oxygen atoms in total. The van der Waals surface area contributed by atoms with Crippen LogP contribution in [0.5, 0.6) is 0 Å². The topological polar surface area (TPSA) is 68.3 Å². The molecule has 5 heteroatoms. The van der Waals surface area contributed by atoms with Gasteiger partial charge in [-0.05, 0) is 19.1 Å². The van der Waals surface area contributed by atoms with Crippen molar-refractivity contribution in [3.8, 4) is 0 Å². The molecule has 0 aromatic carbocycles. The van der Waals surface area contributed by atoms with Crippen molar-refractivity contribution in [1.29, 1.82) is 0 Å². The zero-order chi connectivity index (χ0) is 9.97. The summed E-state index contributed by atoms with van der Waals surface area (Å²) < 4.78 is 9.68. The van der Waals surface area contributed by atoms with E-state index in [4.69, 9.17) is 4.42 Å². The van der Waals surface area contributed by atoms with Crippen molar-refractivity contribution in [2.24, 2.45) is 0 Å². The van der Waals surface area contributed by atoms with Crippen LogP contribution in [0.2, 0.25) is 0 Å². The number of rotatable bonds is 2. The second-order valence-corrected chi connectivity index (χ2v) is 2.75. The minimum Gasteiger partial charge on any atom is -0.456 e. The smallest absolute Gasteiger partial charge is 0.292 e. The average Bonchev–Trinajstić information content (AvgIpc) is 2.75. The zero-order valence-electron chi connectivity index (χ0n) is 7.48. The summed E-state index contributed by atoms with van der Waals surface area (Å²) in [5, 5.41) is 6.05. The summed E-state index contributed by atoms with van der Waals surface area (Å²) in [5.41, 5.74) is 0. The van der Waals surface area contributed by atoms with Gasteiger partial charge in [0.05, 0.1) is 0 Å². The van der Waals surface area contributed by atoms with Crippen molar-refractivity contribution in [3.05, 3.63) is 36.0 Å². The van der Waals surface area contributed by atoms with Crippen molar-refractivity contribution >= 4 is 11.7 Å². The summed E-state index contributed by atoms with van der Waals surface area (Å²) in [6.07, 6.45) is 1.38. The summed E-state index contributed by atoms with van der Waals surface area (Å²) in [6, 6.07) is 4.87. The molecule has 0 aliphatic carbocycles.